The van der Waals surface area contributed by atoms with Crippen LogP contribution in [-0.2, 0) is 16.6 Å². The minimum absolute atomic E-state index is 0.0627. The minimum atomic E-state index is -0.363. The highest BCUT2D eigenvalue weighted by Gasteiger charge is 2.32. The number of anilines is 1. The Bertz CT molecular complexity index is 954. The molecule has 2 aromatic heterocycles. The van der Waals surface area contributed by atoms with Crippen LogP contribution in [0.15, 0.2) is 6.20 Å². The zero-order valence-corrected chi connectivity index (χ0v) is 18.9. The molecule has 0 spiro atoms. The highest BCUT2D eigenvalue weighted by Crippen LogP contribution is 2.35. The van der Waals surface area contributed by atoms with Crippen molar-refractivity contribution in [2.45, 2.75) is 52.4 Å². The minimum Gasteiger partial charge on any atom is -0.462 e. The second-order valence-electron chi connectivity index (χ2n) is 8.65. The van der Waals surface area contributed by atoms with Gasteiger partial charge in [-0.2, -0.15) is 5.10 Å². The Morgan fingerprint density at radius 2 is 1.77 bits per heavy atom. The number of piperidine rings is 1. The number of esters is 1. The Morgan fingerprint density at radius 3 is 2.42 bits per heavy atom. The van der Waals surface area contributed by atoms with Gasteiger partial charge in [0, 0.05) is 45.3 Å². The summed E-state index contributed by atoms with van der Waals surface area (Å²) in [5.41, 5.74) is 2.91. The first kappa shape index (κ1) is 21.6. The van der Waals surface area contributed by atoms with E-state index in [2.05, 4.69) is 19.9 Å². The first-order valence-electron chi connectivity index (χ1n) is 11.5. The summed E-state index contributed by atoms with van der Waals surface area (Å²) in [6.45, 7) is 7.30. The van der Waals surface area contributed by atoms with Gasteiger partial charge in [0.05, 0.1) is 23.4 Å². The summed E-state index contributed by atoms with van der Waals surface area (Å²) in [7, 11) is 1.86. The number of carbonyl (C=O) groups is 2. The molecule has 2 fully saturated rings. The predicted octanol–water partition coefficient (Wildman–Crippen LogP) is 3.07. The van der Waals surface area contributed by atoms with Crippen molar-refractivity contribution in [3.8, 4) is 0 Å². The molecular weight excluding hydrogens is 394 g/mol. The fourth-order valence-corrected chi connectivity index (χ4v) is 4.98. The van der Waals surface area contributed by atoms with Gasteiger partial charge in [-0.15, -0.1) is 0 Å². The molecule has 0 saturated carbocycles. The quantitative estimate of drug-likeness (QED) is 0.698. The van der Waals surface area contributed by atoms with E-state index in [1.807, 2.05) is 14.0 Å². The Balaban J connectivity index is 1.58. The highest BCUT2D eigenvalue weighted by molar-refractivity contribution is 6.05. The number of pyridine rings is 1. The second-order valence-corrected chi connectivity index (χ2v) is 8.65. The Kier molecular flexibility index (Phi) is 6.43. The van der Waals surface area contributed by atoms with Crippen molar-refractivity contribution in [1.82, 2.24) is 19.7 Å². The molecule has 2 aliphatic rings. The average Bonchev–Trinajstić information content (AvgIpc) is 2.95. The van der Waals surface area contributed by atoms with Gasteiger partial charge in [0.2, 0.25) is 5.91 Å². The van der Waals surface area contributed by atoms with Gasteiger partial charge in [0.15, 0.2) is 5.65 Å². The topological polar surface area (TPSA) is 80.6 Å². The van der Waals surface area contributed by atoms with Crippen molar-refractivity contribution in [2.24, 2.45) is 13.0 Å². The molecule has 31 heavy (non-hydrogen) atoms. The van der Waals surface area contributed by atoms with Crippen LogP contribution in [0.4, 0.5) is 5.69 Å². The van der Waals surface area contributed by atoms with E-state index in [4.69, 9.17) is 4.74 Å². The number of rotatable bonds is 4. The number of ether oxygens (including phenoxy) is 1. The molecule has 2 aromatic rings. The van der Waals surface area contributed by atoms with Crippen LogP contribution in [0.5, 0.6) is 0 Å². The summed E-state index contributed by atoms with van der Waals surface area (Å²) in [6.07, 6.45) is 7.86. The van der Waals surface area contributed by atoms with E-state index in [0.717, 1.165) is 74.3 Å². The summed E-state index contributed by atoms with van der Waals surface area (Å²) < 4.78 is 7.06. The first-order chi connectivity index (χ1) is 15.0. The number of carbonyl (C=O) groups excluding carboxylic acids is 2. The standard InChI is InChI=1S/C23H33N5O3/c1-4-31-23(30)18-15-24-21-19(16(2)25-26(21)3)20(18)27-13-9-17(10-14-27)22(29)28-11-7-5-6-8-12-28/h15,17H,4-14H2,1-3H3. The molecule has 0 aliphatic carbocycles. The molecule has 0 unspecified atom stereocenters. The summed E-state index contributed by atoms with van der Waals surface area (Å²) >= 11 is 0. The maximum absolute atomic E-state index is 13.1. The molecule has 0 N–H and O–H groups in total. The monoisotopic (exact) mass is 427 g/mol. The maximum atomic E-state index is 13.1. The van der Waals surface area contributed by atoms with E-state index in [9.17, 15) is 9.59 Å². The Labute approximate surface area is 183 Å². The molecule has 4 rings (SSSR count). The van der Waals surface area contributed by atoms with Gasteiger partial charge < -0.3 is 14.5 Å². The number of fused-ring (bicyclic) bond motifs is 1. The SMILES string of the molecule is CCOC(=O)c1cnc2c(c(C)nn2C)c1N1CCC(C(=O)N2CCCCCC2)CC1. The highest BCUT2D eigenvalue weighted by atomic mass is 16.5. The summed E-state index contributed by atoms with van der Waals surface area (Å²) in [4.78, 5) is 34.6. The van der Waals surface area contributed by atoms with Crippen LogP contribution in [-0.4, -0.2) is 64.3 Å². The van der Waals surface area contributed by atoms with Gasteiger partial charge in [-0.3, -0.25) is 9.48 Å². The third-order valence-electron chi connectivity index (χ3n) is 6.57. The predicted molar refractivity (Wildman–Crippen MR) is 119 cm³/mol. The third kappa shape index (κ3) is 4.25. The summed E-state index contributed by atoms with van der Waals surface area (Å²) in [5.74, 6) is 0.00948. The lowest BCUT2D eigenvalue weighted by Crippen LogP contribution is -2.43. The van der Waals surface area contributed by atoms with Crippen LogP contribution < -0.4 is 4.90 Å². The van der Waals surface area contributed by atoms with Gasteiger partial charge >= 0.3 is 5.97 Å². The van der Waals surface area contributed by atoms with Crippen LogP contribution in [0.1, 0.15) is 61.5 Å². The molecule has 1 amide bonds. The summed E-state index contributed by atoms with van der Waals surface area (Å²) in [6, 6.07) is 0. The molecule has 2 aliphatic heterocycles. The third-order valence-corrected chi connectivity index (χ3v) is 6.57. The number of aromatic nitrogens is 3. The fraction of sp³-hybridized carbons (Fsp3) is 0.652. The first-order valence-corrected chi connectivity index (χ1v) is 11.5. The lowest BCUT2D eigenvalue weighted by molar-refractivity contribution is -0.136. The molecule has 0 atom stereocenters. The number of hydrogen-bond acceptors (Lipinski definition) is 6. The molecule has 8 heteroatoms. The molecule has 4 heterocycles. The van der Waals surface area contributed by atoms with Crippen molar-refractivity contribution in [3.05, 3.63) is 17.5 Å². The lowest BCUT2D eigenvalue weighted by Gasteiger charge is -2.36. The van der Waals surface area contributed by atoms with Crippen LogP contribution in [0.3, 0.4) is 0 Å². The normalized spacial score (nSPS) is 18.3. The number of nitrogens with zero attached hydrogens (tertiary/aromatic N) is 5. The number of likely N-dealkylation sites (tertiary alicyclic amines) is 1. The Hall–Kier alpha value is -2.64. The molecule has 0 radical (unpaired) electrons. The number of hydrogen-bond donors (Lipinski definition) is 0. The fourth-order valence-electron chi connectivity index (χ4n) is 4.98. The molecule has 2 saturated heterocycles. The van der Waals surface area contributed by atoms with Gasteiger partial charge in [-0.25, -0.2) is 9.78 Å². The molecule has 8 nitrogen and oxygen atoms in total. The molecular formula is C23H33N5O3. The van der Waals surface area contributed by atoms with E-state index in [-0.39, 0.29) is 11.9 Å². The van der Waals surface area contributed by atoms with Crippen molar-refractivity contribution in [1.29, 1.82) is 0 Å². The van der Waals surface area contributed by atoms with Crippen molar-refractivity contribution in [2.75, 3.05) is 37.7 Å². The lowest BCUT2D eigenvalue weighted by atomic mass is 9.94. The van der Waals surface area contributed by atoms with Crippen molar-refractivity contribution in [3.63, 3.8) is 0 Å². The van der Waals surface area contributed by atoms with Crippen molar-refractivity contribution >= 4 is 28.6 Å². The van der Waals surface area contributed by atoms with Gasteiger partial charge in [-0.1, -0.05) is 12.8 Å². The van der Waals surface area contributed by atoms with Gasteiger partial charge in [-0.05, 0) is 39.5 Å². The maximum Gasteiger partial charge on any atom is 0.341 e. The van der Waals surface area contributed by atoms with Crippen LogP contribution in [0.2, 0.25) is 0 Å². The van der Waals surface area contributed by atoms with E-state index >= 15 is 0 Å². The zero-order chi connectivity index (χ0) is 22.0. The molecule has 0 bridgehead atoms. The largest absolute Gasteiger partial charge is 0.462 e. The zero-order valence-electron chi connectivity index (χ0n) is 18.9. The molecule has 168 valence electrons. The number of amides is 1. The van der Waals surface area contributed by atoms with E-state index in [1.54, 1.807) is 17.8 Å². The van der Waals surface area contributed by atoms with Gasteiger partial charge in [0.25, 0.3) is 0 Å². The van der Waals surface area contributed by atoms with E-state index in [1.165, 1.54) is 12.8 Å². The van der Waals surface area contributed by atoms with E-state index in [0.29, 0.717) is 18.1 Å². The molecule has 0 aromatic carbocycles. The Morgan fingerprint density at radius 1 is 1.10 bits per heavy atom. The second kappa shape index (κ2) is 9.24. The average molecular weight is 428 g/mol. The smallest absolute Gasteiger partial charge is 0.341 e. The van der Waals surface area contributed by atoms with Crippen LogP contribution in [0, 0.1) is 12.8 Å². The summed E-state index contributed by atoms with van der Waals surface area (Å²) in [5, 5.41) is 5.41. The van der Waals surface area contributed by atoms with E-state index < -0.39 is 0 Å². The van der Waals surface area contributed by atoms with Crippen molar-refractivity contribution < 1.29 is 14.3 Å². The number of aryl methyl sites for hydroxylation is 2. The van der Waals surface area contributed by atoms with Gasteiger partial charge in [0.1, 0.15) is 5.56 Å². The van der Waals surface area contributed by atoms with Crippen LogP contribution in [0.25, 0.3) is 11.0 Å². The van der Waals surface area contributed by atoms with Crippen LogP contribution >= 0.6 is 0 Å².